The molecule has 2 aromatic carbocycles. The summed E-state index contributed by atoms with van der Waals surface area (Å²) in [7, 11) is 0. The van der Waals surface area contributed by atoms with Gasteiger partial charge in [0.15, 0.2) is 5.11 Å². The molecule has 1 heterocycles. The molecule has 2 N–H and O–H groups in total. The van der Waals surface area contributed by atoms with Crippen molar-refractivity contribution in [3.05, 3.63) is 63.7 Å². The normalized spacial score (nSPS) is 13.5. The van der Waals surface area contributed by atoms with Gasteiger partial charge in [-0.15, -0.1) is 0 Å². The van der Waals surface area contributed by atoms with Crippen LogP contribution in [-0.4, -0.2) is 42.2 Å². The molecule has 1 aliphatic rings. The van der Waals surface area contributed by atoms with Crippen LogP contribution in [0.2, 0.25) is 0 Å². The molecule has 0 saturated carbocycles. The molecule has 164 valence electrons. The highest BCUT2D eigenvalue weighted by molar-refractivity contribution is 7.80. The fourth-order valence-corrected chi connectivity index (χ4v) is 3.58. The van der Waals surface area contributed by atoms with Crippen molar-refractivity contribution < 1.29 is 14.5 Å². The molecule has 8 nitrogen and oxygen atoms in total. The molecule has 0 aromatic heterocycles. The van der Waals surface area contributed by atoms with Crippen LogP contribution in [0.5, 0.6) is 0 Å². The van der Waals surface area contributed by atoms with Gasteiger partial charge in [-0.3, -0.25) is 20.2 Å². The predicted molar refractivity (Wildman–Crippen MR) is 125 cm³/mol. The summed E-state index contributed by atoms with van der Waals surface area (Å²) in [6, 6.07) is 12.2. The third kappa shape index (κ3) is 6.22. The van der Waals surface area contributed by atoms with Crippen LogP contribution in [0.25, 0.3) is 0 Å². The zero-order valence-electron chi connectivity index (χ0n) is 17.4. The Morgan fingerprint density at radius 3 is 2.55 bits per heavy atom. The number of nitrogens with zero attached hydrogens (tertiary/aromatic N) is 2. The van der Waals surface area contributed by atoms with Crippen molar-refractivity contribution in [2.24, 2.45) is 0 Å². The minimum absolute atomic E-state index is 0.130. The van der Waals surface area contributed by atoms with Gasteiger partial charge in [0.25, 0.3) is 11.6 Å². The Kier molecular flexibility index (Phi) is 7.91. The Balaban J connectivity index is 1.71. The first-order valence-corrected chi connectivity index (χ1v) is 10.7. The summed E-state index contributed by atoms with van der Waals surface area (Å²) >= 11 is 5.29. The molecule has 1 amide bonds. The summed E-state index contributed by atoms with van der Waals surface area (Å²) in [5.74, 6) is -0.498. The summed E-state index contributed by atoms with van der Waals surface area (Å²) in [5, 5.41) is 17.0. The Labute approximate surface area is 186 Å². The van der Waals surface area contributed by atoms with Gasteiger partial charge in [0.2, 0.25) is 0 Å². The number of benzene rings is 2. The smallest absolute Gasteiger partial charge is 0.270 e. The molecule has 0 aliphatic carbocycles. The van der Waals surface area contributed by atoms with Gasteiger partial charge in [-0.05, 0) is 48.8 Å². The number of hydrogen-bond acceptors (Lipinski definition) is 6. The number of nitro groups is 1. The van der Waals surface area contributed by atoms with E-state index in [0.29, 0.717) is 32.0 Å². The molecule has 1 saturated heterocycles. The second kappa shape index (κ2) is 10.8. The highest BCUT2D eigenvalue weighted by atomic mass is 32.1. The van der Waals surface area contributed by atoms with Gasteiger partial charge in [-0.25, -0.2) is 0 Å². The predicted octanol–water partition coefficient (Wildman–Crippen LogP) is 3.90. The Morgan fingerprint density at radius 1 is 1.19 bits per heavy atom. The molecule has 0 bridgehead atoms. The molecule has 2 aromatic rings. The Morgan fingerprint density at radius 2 is 1.90 bits per heavy atom. The number of nitro benzene ring substituents is 1. The van der Waals surface area contributed by atoms with Crippen molar-refractivity contribution in [3.8, 4) is 0 Å². The fourth-order valence-electron chi connectivity index (χ4n) is 3.37. The lowest BCUT2D eigenvalue weighted by Gasteiger charge is -2.30. The van der Waals surface area contributed by atoms with Crippen molar-refractivity contribution >= 4 is 40.3 Å². The number of aryl methyl sites for hydroxylation is 1. The lowest BCUT2D eigenvalue weighted by Crippen LogP contribution is -2.39. The van der Waals surface area contributed by atoms with Gasteiger partial charge < -0.3 is 15.0 Å². The number of anilines is 2. The number of rotatable bonds is 7. The molecule has 1 aliphatic heterocycles. The van der Waals surface area contributed by atoms with E-state index in [1.54, 1.807) is 6.07 Å². The number of morpholine rings is 1. The highest BCUT2D eigenvalue weighted by Gasteiger charge is 2.22. The first-order chi connectivity index (χ1) is 15.0. The van der Waals surface area contributed by atoms with Crippen LogP contribution in [0, 0.1) is 10.1 Å². The molecular formula is C22H26N4O4S. The average Bonchev–Trinajstić information content (AvgIpc) is 2.78. The van der Waals surface area contributed by atoms with Gasteiger partial charge in [0.1, 0.15) is 0 Å². The van der Waals surface area contributed by atoms with Crippen LogP contribution in [0.15, 0.2) is 42.5 Å². The number of amides is 1. The van der Waals surface area contributed by atoms with Gasteiger partial charge in [-0.1, -0.05) is 25.5 Å². The van der Waals surface area contributed by atoms with Crippen LogP contribution in [0.4, 0.5) is 17.1 Å². The maximum Gasteiger partial charge on any atom is 0.270 e. The van der Waals surface area contributed by atoms with Gasteiger partial charge in [-0.2, -0.15) is 0 Å². The third-order valence-electron chi connectivity index (χ3n) is 5.05. The molecule has 0 unspecified atom stereocenters. The summed E-state index contributed by atoms with van der Waals surface area (Å²) in [6.45, 7) is 4.43. The number of carbonyl (C=O) groups is 1. The van der Waals surface area contributed by atoms with Crippen molar-refractivity contribution in [2.45, 2.75) is 26.2 Å². The first kappa shape index (κ1) is 22.6. The summed E-state index contributed by atoms with van der Waals surface area (Å²) in [6.07, 6.45) is 3.30. The molecular weight excluding hydrogens is 416 g/mol. The van der Waals surface area contributed by atoms with E-state index in [-0.39, 0.29) is 16.4 Å². The molecule has 3 rings (SSSR count). The SMILES string of the molecule is CCCCc1ccc(NC(=S)NC(=O)c2cc([N+](=O)[O-])ccc2N2CCOCC2)cc1. The fraction of sp³-hybridized carbons (Fsp3) is 0.364. The van der Waals surface area contributed by atoms with Gasteiger partial charge in [0, 0.05) is 30.9 Å². The van der Waals surface area contributed by atoms with E-state index < -0.39 is 10.8 Å². The van der Waals surface area contributed by atoms with Crippen molar-refractivity contribution in [1.82, 2.24) is 5.32 Å². The second-order valence-electron chi connectivity index (χ2n) is 7.27. The Bertz CT molecular complexity index is 943. The first-order valence-electron chi connectivity index (χ1n) is 10.3. The van der Waals surface area contributed by atoms with E-state index >= 15 is 0 Å². The van der Waals surface area contributed by atoms with E-state index in [2.05, 4.69) is 17.6 Å². The highest BCUT2D eigenvalue weighted by Crippen LogP contribution is 2.26. The van der Waals surface area contributed by atoms with Crippen LogP contribution in [0.1, 0.15) is 35.7 Å². The summed E-state index contributed by atoms with van der Waals surface area (Å²) in [4.78, 5) is 25.6. The molecule has 0 atom stereocenters. The van der Waals surface area contributed by atoms with E-state index in [1.165, 1.54) is 17.7 Å². The minimum atomic E-state index is -0.517. The lowest BCUT2D eigenvalue weighted by atomic mass is 10.1. The van der Waals surface area contributed by atoms with Gasteiger partial charge >= 0.3 is 0 Å². The minimum Gasteiger partial charge on any atom is -0.378 e. The number of hydrogen-bond donors (Lipinski definition) is 2. The largest absolute Gasteiger partial charge is 0.378 e. The maximum absolute atomic E-state index is 12.9. The van der Waals surface area contributed by atoms with E-state index in [0.717, 1.165) is 24.9 Å². The summed E-state index contributed by atoms with van der Waals surface area (Å²) in [5.41, 5.74) is 2.68. The third-order valence-corrected chi connectivity index (χ3v) is 5.25. The van der Waals surface area contributed by atoms with Crippen LogP contribution in [-0.2, 0) is 11.2 Å². The number of thiocarbonyl (C=S) groups is 1. The molecule has 9 heteroatoms. The zero-order valence-corrected chi connectivity index (χ0v) is 18.2. The molecule has 0 spiro atoms. The second-order valence-corrected chi connectivity index (χ2v) is 7.67. The molecule has 1 fully saturated rings. The van der Waals surface area contributed by atoms with Crippen LogP contribution >= 0.6 is 12.2 Å². The van der Waals surface area contributed by atoms with Gasteiger partial charge in [0.05, 0.1) is 29.4 Å². The number of non-ortho nitro benzene ring substituents is 1. The lowest BCUT2D eigenvalue weighted by molar-refractivity contribution is -0.384. The number of nitrogens with one attached hydrogen (secondary N) is 2. The zero-order chi connectivity index (χ0) is 22.2. The average molecular weight is 443 g/mol. The van der Waals surface area contributed by atoms with Crippen LogP contribution in [0.3, 0.4) is 0 Å². The maximum atomic E-state index is 12.9. The number of unbranched alkanes of at least 4 members (excludes halogenated alkanes) is 1. The van der Waals surface area contributed by atoms with E-state index in [9.17, 15) is 14.9 Å². The van der Waals surface area contributed by atoms with E-state index in [1.807, 2.05) is 29.2 Å². The standard InChI is InChI=1S/C22H26N4O4S/c1-2-3-4-16-5-7-17(8-6-16)23-22(31)24-21(27)19-15-18(26(28)29)9-10-20(19)25-11-13-30-14-12-25/h5-10,15H,2-4,11-14H2,1H3,(H2,23,24,27,31). The number of carbonyl (C=O) groups excluding carboxylic acids is 1. The monoisotopic (exact) mass is 442 g/mol. The van der Waals surface area contributed by atoms with Crippen LogP contribution < -0.4 is 15.5 Å². The van der Waals surface area contributed by atoms with E-state index in [4.69, 9.17) is 17.0 Å². The van der Waals surface area contributed by atoms with Crippen molar-refractivity contribution in [3.63, 3.8) is 0 Å². The Hall–Kier alpha value is -3.04. The van der Waals surface area contributed by atoms with Crippen molar-refractivity contribution in [1.29, 1.82) is 0 Å². The quantitative estimate of drug-likeness (QED) is 0.381. The molecule has 31 heavy (non-hydrogen) atoms. The summed E-state index contributed by atoms with van der Waals surface area (Å²) < 4.78 is 5.36. The topological polar surface area (TPSA) is 96.7 Å². The van der Waals surface area contributed by atoms with Crippen molar-refractivity contribution in [2.75, 3.05) is 36.5 Å². The molecule has 0 radical (unpaired) electrons. The number of ether oxygens (including phenoxy) is 1.